The molecule has 0 spiro atoms. The van der Waals surface area contributed by atoms with E-state index in [2.05, 4.69) is 20.9 Å². The summed E-state index contributed by atoms with van der Waals surface area (Å²) < 4.78 is 19.0. The van der Waals surface area contributed by atoms with Gasteiger partial charge in [-0.3, -0.25) is 0 Å². The van der Waals surface area contributed by atoms with Gasteiger partial charge in [0.05, 0.1) is 18.2 Å². The maximum Gasteiger partial charge on any atom is 0.407 e. The molecule has 150 valence electrons. The lowest BCUT2D eigenvalue weighted by Crippen LogP contribution is -2.42. The second-order valence-corrected chi connectivity index (χ2v) is 6.47. The molecule has 0 aliphatic carbocycles. The minimum Gasteiger partial charge on any atom is -0.444 e. The van der Waals surface area contributed by atoms with E-state index in [1.54, 1.807) is 32.9 Å². The summed E-state index contributed by atoms with van der Waals surface area (Å²) in [4.78, 5) is 15.9. The molecule has 0 atom stereocenters. The smallest absolute Gasteiger partial charge is 0.407 e. The minimum atomic E-state index is -0.543. The molecule has 0 bridgehead atoms. The third kappa shape index (κ3) is 10.6. The van der Waals surface area contributed by atoms with Crippen LogP contribution in [0.25, 0.3) is 0 Å². The predicted molar refractivity (Wildman–Crippen MR) is 114 cm³/mol. The first kappa shape index (κ1) is 24.9. The number of rotatable bonds is 6. The molecular weight excluding hydrogens is 464 g/mol. The normalized spacial score (nSPS) is 11.0. The molecular formula is C18H27FIN5O2. The number of nitrogens with zero attached hydrogens (tertiary/aromatic N) is 2. The van der Waals surface area contributed by atoms with Gasteiger partial charge in [-0.15, -0.1) is 24.0 Å². The number of nitrogens with one attached hydrogen (secondary N) is 3. The number of nitriles is 1. The van der Waals surface area contributed by atoms with E-state index in [0.29, 0.717) is 31.2 Å². The van der Waals surface area contributed by atoms with Gasteiger partial charge in [-0.05, 0) is 39.8 Å². The summed E-state index contributed by atoms with van der Waals surface area (Å²) in [6.07, 6.45) is -0.485. The van der Waals surface area contributed by atoms with Gasteiger partial charge in [0.25, 0.3) is 0 Å². The fourth-order valence-corrected chi connectivity index (χ4v) is 1.91. The summed E-state index contributed by atoms with van der Waals surface area (Å²) in [5.41, 5.74) is 0.126. The maximum absolute atomic E-state index is 13.9. The number of benzene rings is 1. The van der Waals surface area contributed by atoms with Gasteiger partial charge in [0.2, 0.25) is 0 Å². The van der Waals surface area contributed by atoms with Crippen molar-refractivity contribution in [1.29, 1.82) is 5.26 Å². The van der Waals surface area contributed by atoms with Crippen molar-refractivity contribution in [2.45, 2.75) is 39.8 Å². The Hall–Kier alpha value is -2.09. The SMILES string of the molecule is CCNC(=NCc1ccc(C#N)cc1F)NCCNC(=O)OC(C)(C)C.I. The van der Waals surface area contributed by atoms with Crippen LogP contribution in [0.3, 0.4) is 0 Å². The Morgan fingerprint density at radius 2 is 1.93 bits per heavy atom. The third-order valence-electron chi connectivity index (χ3n) is 3.02. The number of hydrogen-bond donors (Lipinski definition) is 3. The van der Waals surface area contributed by atoms with Crippen molar-refractivity contribution in [2.75, 3.05) is 19.6 Å². The molecule has 1 aromatic rings. The molecule has 7 nitrogen and oxygen atoms in total. The fourth-order valence-electron chi connectivity index (χ4n) is 1.91. The number of alkyl carbamates (subject to hydrolysis) is 1. The topological polar surface area (TPSA) is 98.5 Å². The molecule has 1 aromatic carbocycles. The van der Waals surface area contributed by atoms with E-state index in [1.165, 1.54) is 6.07 Å². The van der Waals surface area contributed by atoms with E-state index < -0.39 is 17.5 Å². The first-order chi connectivity index (χ1) is 12.2. The highest BCUT2D eigenvalue weighted by molar-refractivity contribution is 14.0. The molecule has 9 heteroatoms. The molecule has 1 amide bonds. The Kier molecular flexibility index (Phi) is 11.4. The van der Waals surface area contributed by atoms with Gasteiger partial charge in [0.15, 0.2) is 5.96 Å². The van der Waals surface area contributed by atoms with Crippen molar-refractivity contribution < 1.29 is 13.9 Å². The molecule has 0 fully saturated rings. The Bertz CT molecular complexity index is 683. The van der Waals surface area contributed by atoms with Crippen molar-refractivity contribution in [2.24, 2.45) is 4.99 Å². The Balaban J connectivity index is 0.00000676. The standard InChI is InChI=1S/C18H26FN5O2.HI/c1-5-21-16(22-8-9-23-17(25)26-18(2,3)4)24-12-14-7-6-13(11-20)10-15(14)19;/h6-7,10H,5,8-9,12H2,1-4H3,(H,23,25)(H2,21,22,24);1H. The monoisotopic (exact) mass is 491 g/mol. The van der Waals surface area contributed by atoms with Crippen LogP contribution in [0.1, 0.15) is 38.8 Å². The van der Waals surface area contributed by atoms with E-state index in [9.17, 15) is 9.18 Å². The Morgan fingerprint density at radius 1 is 1.26 bits per heavy atom. The van der Waals surface area contributed by atoms with Crippen LogP contribution in [-0.2, 0) is 11.3 Å². The second kappa shape index (κ2) is 12.3. The molecule has 1 rings (SSSR count). The lowest BCUT2D eigenvalue weighted by Gasteiger charge is -2.19. The predicted octanol–water partition coefficient (Wildman–Crippen LogP) is 2.90. The largest absolute Gasteiger partial charge is 0.444 e. The van der Waals surface area contributed by atoms with Crippen LogP contribution in [0.2, 0.25) is 0 Å². The van der Waals surface area contributed by atoms with E-state index in [4.69, 9.17) is 10.00 Å². The minimum absolute atomic E-state index is 0. The number of carbonyl (C=O) groups excluding carboxylic acids is 1. The van der Waals surface area contributed by atoms with Crippen LogP contribution >= 0.6 is 24.0 Å². The zero-order valence-electron chi connectivity index (χ0n) is 16.1. The summed E-state index contributed by atoms with van der Waals surface area (Å²) in [5.74, 6) is 0.0393. The van der Waals surface area contributed by atoms with Crippen molar-refractivity contribution in [3.8, 4) is 6.07 Å². The fraction of sp³-hybridized carbons (Fsp3) is 0.500. The highest BCUT2D eigenvalue weighted by Gasteiger charge is 2.15. The molecule has 0 aliphatic rings. The lowest BCUT2D eigenvalue weighted by atomic mass is 10.1. The molecule has 0 saturated carbocycles. The number of ether oxygens (including phenoxy) is 1. The van der Waals surface area contributed by atoms with Crippen molar-refractivity contribution in [1.82, 2.24) is 16.0 Å². The first-order valence-electron chi connectivity index (χ1n) is 8.42. The van der Waals surface area contributed by atoms with Gasteiger partial charge in [-0.2, -0.15) is 5.26 Å². The van der Waals surface area contributed by atoms with Gasteiger partial charge in [-0.25, -0.2) is 14.2 Å². The van der Waals surface area contributed by atoms with E-state index >= 15 is 0 Å². The van der Waals surface area contributed by atoms with Crippen molar-refractivity contribution in [3.63, 3.8) is 0 Å². The molecule has 0 heterocycles. The summed E-state index contributed by atoms with van der Waals surface area (Å²) in [6.45, 7) is 8.85. The molecule has 0 aromatic heterocycles. The number of guanidine groups is 1. The van der Waals surface area contributed by atoms with Crippen molar-refractivity contribution >= 4 is 36.0 Å². The van der Waals surface area contributed by atoms with Gasteiger partial charge in [-0.1, -0.05) is 6.07 Å². The zero-order chi connectivity index (χ0) is 19.6. The molecule has 3 N–H and O–H groups in total. The average Bonchev–Trinajstić information content (AvgIpc) is 2.55. The summed E-state index contributed by atoms with van der Waals surface area (Å²) in [7, 11) is 0. The van der Waals surface area contributed by atoms with Gasteiger partial charge >= 0.3 is 6.09 Å². The summed E-state index contributed by atoms with van der Waals surface area (Å²) in [5, 5.41) is 17.5. The van der Waals surface area contributed by atoms with Crippen LogP contribution in [0.5, 0.6) is 0 Å². The average molecular weight is 491 g/mol. The lowest BCUT2D eigenvalue weighted by molar-refractivity contribution is 0.0529. The number of hydrogen-bond acceptors (Lipinski definition) is 4. The van der Waals surface area contributed by atoms with Crippen LogP contribution in [0.15, 0.2) is 23.2 Å². The van der Waals surface area contributed by atoms with Crippen LogP contribution in [-0.4, -0.2) is 37.3 Å². The number of amides is 1. The number of halogens is 2. The Morgan fingerprint density at radius 3 is 2.48 bits per heavy atom. The Labute approximate surface area is 176 Å². The molecule has 0 saturated heterocycles. The van der Waals surface area contributed by atoms with Gasteiger partial charge < -0.3 is 20.7 Å². The summed E-state index contributed by atoms with van der Waals surface area (Å²) >= 11 is 0. The number of carbonyl (C=O) groups is 1. The van der Waals surface area contributed by atoms with Gasteiger partial charge in [0.1, 0.15) is 11.4 Å². The second-order valence-electron chi connectivity index (χ2n) is 6.47. The quantitative estimate of drug-likeness (QED) is 0.246. The van der Waals surface area contributed by atoms with Gasteiger partial charge in [0, 0.05) is 25.2 Å². The molecule has 27 heavy (non-hydrogen) atoms. The van der Waals surface area contributed by atoms with E-state index in [0.717, 1.165) is 0 Å². The van der Waals surface area contributed by atoms with Crippen molar-refractivity contribution in [3.05, 3.63) is 35.1 Å². The van der Waals surface area contributed by atoms with Crippen LogP contribution in [0, 0.1) is 17.1 Å². The zero-order valence-corrected chi connectivity index (χ0v) is 18.4. The maximum atomic E-state index is 13.9. The third-order valence-corrected chi connectivity index (χ3v) is 3.02. The van der Waals surface area contributed by atoms with E-state index in [-0.39, 0.29) is 36.1 Å². The highest BCUT2D eigenvalue weighted by atomic mass is 127. The van der Waals surface area contributed by atoms with Crippen LogP contribution in [0.4, 0.5) is 9.18 Å². The molecule has 0 unspecified atom stereocenters. The highest BCUT2D eigenvalue weighted by Crippen LogP contribution is 2.11. The summed E-state index contributed by atoms with van der Waals surface area (Å²) in [6, 6.07) is 6.18. The number of aliphatic imine (C=N–C) groups is 1. The molecule has 0 aliphatic heterocycles. The van der Waals surface area contributed by atoms with Crippen LogP contribution < -0.4 is 16.0 Å². The molecule has 0 radical (unpaired) electrons. The van der Waals surface area contributed by atoms with E-state index in [1.807, 2.05) is 13.0 Å². The first-order valence-corrected chi connectivity index (χ1v) is 8.42.